The fraction of sp³-hybridized carbons (Fsp3) is 0.474. The van der Waals surface area contributed by atoms with Gasteiger partial charge in [0.15, 0.2) is 11.6 Å². The first kappa shape index (κ1) is 19.2. The molecule has 3 rings (SSSR count). The lowest BCUT2D eigenvalue weighted by molar-refractivity contribution is 0.188. The first-order valence-electron chi connectivity index (χ1n) is 8.97. The summed E-state index contributed by atoms with van der Waals surface area (Å²) >= 11 is 0. The van der Waals surface area contributed by atoms with Gasteiger partial charge in [-0.05, 0) is 32.3 Å². The van der Waals surface area contributed by atoms with Gasteiger partial charge in [0.25, 0.3) is 0 Å². The number of nitrogens with one attached hydrogen (secondary N) is 1. The van der Waals surface area contributed by atoms with Crippen LogP contribution in [0.5, 0.6) is 5.75 Å². The lowest BCUT2D eigenvalue weighted by Crippen LogP contribution is -2.29. The van der Waals surface area contributed by atoms with Crippen molar-refractivity contribution < 1.29 is 14.2 Å². The van der Waals surface area contributed by atoms with Crippen LogP contribution in [-0.2, 0) is 0 Å². The molecule has 8 heteroatoms. The molecule has 1 saturated heterocycles. The SMILES string of the molecule is CN=C(C=C(N)C(=N)c1cc(OC2(C)CC2)c(F)cc1N)N1CC[C@@H](O)C1. The van der Waals surface area contributed by atoms with Crippen LogP contribution in [0.1, 0.15) is 31.7 Å². The average molecular weight is 375 g/mol. The second-order valence-electron chi connectivity index (χ2n) is 7.37. The van der Waals surface area contributed by atoms with E-state index >= 15 is 0 Å². The first-order valence-corrected chi connectivity index (χ1v) is 8.97. The van der Waals surface area contributed by atoms with E-state index < -0.39 is 11.9 Å². The van der Waals surface area contributed by atoms with Crippen molar-refractivity contribution in [1.29, 1.82) is 5.41 Å². The Kier molecular flexibility index (Phi) is 5.10. The molecule has 0 unspecified atom stereocenters. The number of allylic oxidation sites excluding steroid dienone is 1. The van der Waals surface area contributed by atoms with Gasteiger partial charge < -0.3 is 26.2 Å². The zero-order valence-electron chi connectivity index (χ0n) is 15.6. The third-order valence-electron chi connectivity index (χ3n) is 4.97. The summed E-state index contributed by atoms with van der Waals surface area (Å²) in [6.07, 6.45) is 3.57. The zero-order valence-corrected chi connectivity index (χ0v) is 15.6. The van der Waals surface area contributed by atoms with E-state index in [0.717, 1.165) is 18.9 Å². The Hall–Kier alpha value is -2.61. The van der Waals surface area contributed by atoms with Gasteiger partial charge in [0.05, 0.1) is 17.5 Å². The number of nitrogen functional groups attached to an aromatic ring is 1. The lowest BCUT2D eigenvalue weighted by Gasteiger charge is -2.19. The first-order chi connectivity index (χ1) is 12.7. The van der Waals surface area contributed by atoms with Crippen molar-refractivity contribution in [1.82, 2.24) is 4.90 Å². The van der Waals surface area contributed by atoms with Crippen LogP contribution in [0.2, 0.25) is 0 Å². The standard InChI is InChI=1S/C19H26FN5O2/c1-19(4-5-19)27-16-7-12(14(21)8-13(16)20)18(23)15(22)9-17(24-2)25-6-3-11(26)10-25/h7-9,11,23,26H,3-6,10,21-22H2,1-2H3/t11-/m1/s1. The summed E-state index contributed by atoms with van der Waals surface area (Å²) < 4.78 is 19.9. The highest BCUT2D eigenvalue weighted by molar-refractivity contribution is 6.16. The third kappa shape index (κ3) is 4.21. The van der Waals surface area contributed by atoms with Crippen molar-refractivity contribution in [3.05, 3.63) is 35.3 Å². The highest BCUT2D eigenvalue weighted by Gasteiger charge is 2.40. The molecule has 0 radical (unpaired) electrons. The minimum atomic E-state index is -0.554. The highest BCUT2D eigenvalue weighted by Crippen LogP contribution is 2.41. The summed E-state index contributed by atoms with van der Waals surface area (Å²) in [4.78, 5) is 6.10. The second kappa shape index (κ2) is 7.19. The zero-order chi connectivity index (χ0) is 19.8. The Morgan fingerprint density at radius 2 is 2.19 bits per heavy atom. The minimum Gasteiger partial charge on any atom is -0.484 e. The number of hydrogen-bond acceptors (Lipinski definition) is 6. The van der Waals surface area contributed by atoms with Crippen molar-refractivity contribution >= 4 is 17.2 Å². The van der Waals surface area contributed by atoms with Gasteiger partial charge in [-0.25, -0.2) is 4.39 Å². The molecule has 1 saturated carbocycles. The molecule has 6 N–H and O–H groups in total. The summed E-state index contributed by atoms with van der Waals surface area (Å²) in [5.41, 5.74) is 12.2. The van der Waals surface area contributed by atoms with E-state index in [9.17, 15) is 9.50 Å². The Bertz CT molecular complexity index is 817. The summed E-state index contributed by atoms with van der Waals surface area (Å²) in [5.74, 6) is 0.0989. The number of anilines is 1. The number of halogens is 1. The molecule has 7 nitrogen and oxygen atoms in total. The molecule has 1 aliphatic heterocycles. The number of aliphatic imine (C=N–C) groups is 1. The van der Waals surface area contributed by atoms with Gasteiger partial charge in [-0.15, -0.1) is 0 Å². The van der Waals surface area contributed by atoms with Crippen LogP contribution in [0, 0.1) is 11.2 Å². The van der Waals surface area contributed by atoms with E-state index in [2.05, 4.69) is 4.99 Å². The van der Waals surface area contributed by atoms with E-state index in [1.54, 1.807) is 13.1 Å². The highest BCUT2D eigenvalue weighted by atomic mass is 19.1. The Labute approximate surface area is 158 Å². The quantitative estimate of drug-likeness (QED) is 0.354. The molecule has 0 spiro atoms. The fourth-order valence-electron chi connectivity index (χ4n) is 3.02. The molecule has 1 heterocycles. The van der Waals surface area contributed by atoms with Crippen molar-refractivity contribution in [2.24, 2.45) is 10.7 Å². The predicted molar refractivity (Wildman–Crippen MR) is 104 cm³/mol. The minimum absolute atomic E-state index is 0.0285. The molecule has 146 valence electrons. The number of β-amino-alcohol motifs (C(OH)–C–C–N with tert-alkyl or cyclic N) is 1. The van der Waals surface area contributed by atoms with Crippen molar-refractivity contribution in [2.75, 3.05) is 25.9 Å². The molecule has 1 aromatic rings. The van der Waals surface area contributed by atoms with Crippen LogP contribution < -0.4 is 16.2 Å². The Morgan fingerprint density at radius 3 is 2.74 bits per heavy atom. The monoisotopic (exact) mass is 375 g/mol. The normalized spacial score (nSPS) is 22.1. The maximum Gasteiger partial charge on any atom is 0.167 e. The Morgan fingerprint density at radius 1 is 1.48 bits per heavy atom. The van der Waals surface area contributed by atoms with Gasteiger partial charge >= 0.3 is 0 Å². The number of hydrogen-bond donors (Lipinski definition) is 4. The number of aliphatic hydroxyl groups is 1. The maximum absolute atomic E-state index is 14.2. The van der Waals surface area contributed by atoms with Gasteiger partial charge in [-0.1, -0.05) is 0 Å². The lowest BCUT2D eigenvalue weighted by atomic mass is 10.0. The van der Waals surface area contributed by atoms with Gasteiger partial charge in [-0.2, -0.15) is 0 Å². The number of rotatable bonds is 5. The number of likely N-dealkylation sites (tertiary alicyclic amines) is 1. The van der Waals surface area contributed by atoms with Gasteiger partial charge in [0, 0.05) is 43.5 Å². The number of aliphatic hydroxyl groups excluding tert-OH is 1. The van der Waals surface area contributed by atoms with Crippen LogP contribution in [0.4, 0.5) is 10.1 Å². The molecule has 2 aliphatic rings. The molecular formula is C19H26FN5O2. The van der Waals surface area contributed by atoms with E-state index in [1.807, 2.05) is 11.8 Å². The van der Waals surface area contributed by atoms with Gasteiger partial charge in [0.1, 0.15) is 11.4 Å². The fourth-order valence-corrected chi connectivity index (χ4v) is 3.02. The van der Waals surface area contributed by atoms with Crippen molar-refractivity contribution in [3.8, 4) is 5.75 Å². The molecule has 0 aromatic heterocycles. The topological polar surface area (TPSA) is 121 Å². The smallest absolute Gasteiger partial charge is 0.167 e. The number of nitrogens with zero attached hydrogens (tertiary/aromatic N) is 2. The third-order valence-corrected chi connectivity index (χ3v) is 4.97. The summed E-state index contributed by atoms with van der Waals surface area (Å²) in [6, 6.07) is 2.59. The van der Waals surface area contributed by atoms with Crippen molar-refractivity contribution in [2.45, 2.75) is 37.9 Å². The van der Waals surface area contributed by atoms with Crippen LogP contribution in [-0.4, -0.2) is 53.4 Å². The largest absolute Gasteiger partial charge is 0.484 e. The molecule has 1 atom stereocenters. The summed E-state index contributed by atoms with van der Waals surface area (Å²) in [6.45, 7) is 3.05. The number of amidine groups is 1. The number of benzene rings is 1. The molecule has 27 heavy (non-hydrogen) atoms. The molecule has 0 bridgehead atoms. The predicted octanol–water partition coefficient (Wildman–Crippen LogP) is 1.64. The average Bonchev–Trinajstić information content (AvgIpc) is 3.18. The summed E-state index contributed by atoms with van der Waals surface area (Å²) in [5, 5.41) is 18.1. The second-order valence-corrected chi connectivity index (χ2v) is 7.37. The van der Waals surface area contributed by atoms with Crippen LogP contribution in [0.3, 0.4) is 0 Å². The Balaban J connectivity index is 1.84. The molecule has 1 aromatic carbocycles. The number of ether oxygens (including phenoxy) is 1. The van der Waals surface area contributed by atoms with E-state index in [0.29, 0.717) is 30.9 Å². The van der Waals surface area contributed by atoms with Gasteiger partial charge in [-0.3, -0.25) is 10.4 Å². The van der Waals surface area contributed by atoms with E-state index in [-0.39, 0.29) is 28.4 Å². The van der Waals surface area contributed by atoms with Crippen LogP contribution in [0.15, 0.2) is 28.9 Å². The van der Waals surface area contributed by atoms with Gasteiger partial charge in [0.2, 0.25) is 0 Å². The molecule has 0 amide bonds. The molecular weight excluding hydrogens is 349 g/mol. The van der Waals surface area contributed by atoms with Crippen LogP contribution >= 0.6 is 0 Å². The van der Waals surface area contributed by atoms with Crippen molar-refractivity contribution in [3.63, 3.8) is 0 Å². The number of nitrogens with two attached hydrogens (primary N) is 2. The van der Waals surface area contributed by atoms with E-state index in [1.165, 1.54) is 6.07 Å². The molecule has 1 aliphatic carbocycles. The maximum atomic E-state index is 14.2. The summed E-state index contributed by atoms with van der Waals surface area (Å²) in [7, 11) is 1.63. The van der Waals surface area contributed by atoms with Crippen LogP contribution in [0.25, 0.3) is 0 Å². The molecule has 2 fully saturated rings. The van der Waals surface area contributed by atoms with E-state index in [4.69, 9.17) is 21.6 Å².